The van der Waals surface area contributed by atoms with Gasteiger partial charge in [0, 0.05) is 41.8 Å². The average Bonchev–Trinajstić information content (AvgIpc) is 3.21. The van der Waals surface area contributed by atoms with E-state index in [0.717, 1.165) is 25.1 Å². The van der Waals surface area contributed by atoms with Gasteiger partial charge in [0.2, 0.25) is 0 Å². The lowest BCUT2D eigenvalue weighted by atomic mass is 9.85. The standard InChI is InChI=1S/C25H28N4O2/c1-3-12-27-15-19(22-6-4-5-7-23(22)27)16-28-20-9-10-21(28)14-25(31,13-20)17-29-24(30)11-8-18(2)26-29/h1,4-8,11,15,20-21,31H,9-10,12-14,16-17H2,2H3/t20-,21-/m0/s1. The van der Waals surface area contributed by atoms with Gasteiger partial charge in [-0.3, -0.25) is 9.69 Å². The first-order valence-corrected chi connectivity index (χ1v) is 11.0. The van der Waals surface area contributed by atoms with Crippen molar-refractivity contribution in [1.82, 2.24) is 19.2 Å². The van der Waals surface area contributed by atoms with Crippen molar-refractivity contribution in [2.75, 3.05) is 0 Å². The third-order valence-electron chi connectivity index (χ3n) is 6.93. The maximum Gasteiger partial charge on any atom is 0.266 e. The molecule has 2 fully saturated rings. The fourth-order valence-corrected chi connectivity index (χ4v) is 5.62. The number of nitrogens with zero attached hydrogens (tertiary/aromatic N) is 4. The van der Waals surface area contributed by atoms with Crippen molar-refractivity contribution >= 4 is 10.9 Å². The molecule has 4 heterocycles. The second-order valence-corrected chi connectivity index (χ2v) is 9.16. The van der Waals surface area contributed by atoms with Crippen molar-refractivity contribution in [3.05, 3.63) is 64.2 Å². The van der Waals surface area contributed by atoms with E-state index in [1.165, 1.54) is 27.2 Å². The molecule has 160 valence electrons. The van der Waals surface area contributed by atoms with Crippen LogP contribution in [0.5, 0.6) is 0 Å². The molecule has 1 N–H and O–H groups in total. The maximum atomic E-state index is 12.2. The molecular weight excluding hydrogens is 388 g/mol. The van der Waals surface area contributed by atoms with Gasteiger partial charge < -0.3 is 9.67 Å². The molecule has 6 heteroatoms. The van der Waals surface area contributed by atoms with Gasteiger partial charge in [0.25, 0.3) is 5.56 Å². The normalized spacial score (nSPS) is 25.7. The van der Waals surface area contributed by atoms with Crippen LogP contribution in [0.2, 0.25) is 0 Å². The topological polar surface area (TPSA) is 63.3 Å². The lowest BCUT2D eigenvalue weighted by molar-refractivity contribution is -0.0677. The molecule has 0 spiro atoms. The summed E-state index contributed by atoms with van der Waals surface area (Å²) >= 11 is 0. The number of aromatic nitrogens is 3. The molecule has 2 bridgehead atoms. The quantitative estimate of drug-likeness (QED) is 0.650. The second-order valence-electron chi connectivity index (χ2n) is 9.16. The molecule has 0 unspecified atom stereocenters. The highest BCUT2D eigenvalue weighted by Gasteiger charge is 2.47. The zero-order valence-corrected chi connectivity index (χ0v) is 17.9. The number of para-hydroxylation sites is 1. The largest absolute Gasteiger partial charge is 0.388 e. The van der Waals surface area contributed by atoms with Crippen molar-refractivity contribution < 1.29 is 5.11 Å². The Balaban J connectivity index is 1.38. The van der Waals surface area contributed by atoms with Crippen molar-refractivity contribution in [2.24, 2.45) is 0 Å². The van der Waals surface area contributed by atoms with Gasteiger partial charge in [-0.05, 0) is 50.3 Å². The Kier molecular flexibility index (Phi) is 4.96. The van der Waals surface area contributed by atoms with Crippen LogP contribution in [0.4, 0.5) is 0 Å². The van der Waals surface area contributed by atoms with Crippen LogP contribution in [0.15, 0.2) is 47.4 Å². The Hall–Kier alpha value is -2.88. The molecule has 6 nitrogen and oxygen atoms in total. The molecular formula is C25H28N4O2. The van der Waals surface area contributed by atoms with E-state index in [1.807, 2.05) is 13.0 Å². The highest BCUT2D eigenvalue weighted by Crippen LogP contribution is 2.42. The van der Waals surface area contributed by atoms with E-state index in [4.69, 9.17) is 6.42 Å². The fourth-order valence-electron chi connectivity index (χ4n) is 5.62. The van der Waals surface area contributed by atoms with E-state index in [1.54, 1.807) is 6.07 Å². The smallest absolute Gasteiger partial charge is 0.266 e. The van der Waals surface area contributed by atoms with Crippen LogP contribution in [0.25, 0.3) is 10.9 Å². The molecule has 2 aliphatic heterocycles. The van der Waals surface area contributed by atoms with Gasteiger partial charge in [-0.15, -0.1) is 6.42 Å². The van der Waals surface area contributed by atoms with Crippen LogP contribution in [0.3, 0.4) is 0 Å². The predicted octanol–water partition coefficient (Wildman–Crippen LogP) is 2.70. The first-order valence-electron chi connectivity index (χ1n) is 11.0. The number of aryl methyl sites for hydroxylation is 1. The summed E-state index contributed by atoms with van der Waals surface area (Å²) < 4.78 is 3.57. The van der Waals surface area contributed by atoms with Gasteiger partial charge in [0.15, 0.2) is 0 Å². The van der Waals surface area contributed by atoms with Gasteiger partial charge in [0.05, 0.1) is 24.4 Å². The maximum absolute atomic E-state index is 12.2. The second kappa shape index (κ2) is 7.67. The highest BCUT2D eigenvalue weighted by atomic mass is 16.3. The molecule has 31 heavy (non-hydrogen) atoms. The average molecular weight is 417 g/mol. The molecule has 3 aromatic rings. The summed E-state index contributed by atoms with van der Waals surface area (Å²) in [7, 11) is 0. The Morgan fingerprint density at radius 2 is 1.94 bits per heavy atom. The summed E-state index contributed by atoms with van der Waals surface area (Å²) in [6.07, 6.45) is 11.2. The Morgan fingerprint density at radius 1 is 1.19 bits per heavy atom. The van der Waals surface area contributed by atoms with Crippen molar-refractivity contribution in [3.8, 4) is 12.3 Å². The fraction of sp³-hybridized carbons (Fsp3) is 0.440. The molecule has 2 saturated heterocycles. The monoisotopic (exact) mass is 416 g/mol. The Bertz CT molecular complexity index is 1200. The lowest BCUT2D eigenvalue weighted by Crippen LogP contribution is -2.53. The minimum Gasteiger partial charge on any atom is -0.388 e. The van der Waals surface area contributed by atoms with E-state index in [2.05, 4.69) is 44.9 Å². The van der Waals surface area contributed by atoms with Crippen LogP contribution in [-0.2, 0) is 19.6 Å². The molecule has 0 aliphatic carbocycles. The number of fused-ring (bicyclic) bond motifs is 3. The zero-order chi connectivity index (χ0) is 21.6. The first kappa shape index (κ1) is 20.0. The summed E-state index contributed by atoms with van der Waals surface area (Å²) in [5, 5.41) is 17.0. The minimum atomic E-state index is -0.898. The zero-order valence-electron chi connectivity index (χ0n) is 17.9. The van der Waals surface area contributed by atoms with Crippen molar-refractivity contribution in [1.29, 1.82) is 0 Å². The van der Waals surface area contributed by atoms with Crippen molar-refractivity contribution in [3.63, 3.8) is 0 Å². The number of aliphatic hydroxyl groups is 1. The van der Waals surface area contributed by atoms with Gasteiger partial charge in [-0.25, -0.2) is 4.68 Å². The van der Waals surface area contributed by atoms with Gasteiger partial charge in [-0.2, -0.15) is 5.10 Å². The molecule has 0 amide bonds. The van der Waals surface area contributed by atoms with Crippen LogP contribution in [-0.4, -0.2) is 42.0 Å². The third-order valence-corrected chi connectivity index (χ3v) is 6.93. The number of piperidine rings is 1. The molecule has 0 radical (unpaired) electrons. The minimum absolute atomic E-state index is 0.157. The van der Waals surface area contributed by atoms with E-state index in [-0.39, 0.29) is 12.1 Å². The van der Waals surface area contributed by atoms with Gasteiger partial charge in [-0.1, -0.05) is 24.1 Å². The van der Waals surface area contributed by atoms with E-state index >= 15 is 0 Å². The number of rotatable bonds is 5. The van der Waals surface area contributed by atoms with E-state index in [0.29, 0.717) is 31.5 Å². The molecule has 1 aromatic carbocycles. The Labute approximate surface area is 182 Å². The lowest BCUT2D eigenvalue weighted by Gasteiger charge is -2.43. The highest BCUT2D eigenvalue weighted by molar-refractivity contribution is 5.84. The predicted molar refractivity (Wildman–Crippen MR) is 121 cm³/mol. The van der Waals surface area contributed by atoms with Crippen LogP contribution in [0, 0.1) is 19.3 Å². The van der Waals surface area contributed by atoms with Crippen molar-refractivity contribution in [2.45, 2.75) is 69.9 Å². The summed E-state index contributed by atoms with van der Waals surface area (Å²) in [6, 6.07) is 12.3. The molecule has 0 saturated carbocycles. The molecule has 5 rings (SSSR count). The number of hydrogen-bond acceptors (Lipinski definition) is 4. The number of terminal acetylenes is 1. The summed E-state index contributed by atoms with van der Waals surface area (Å²) in [5.74, 6) is 2.75. The van der Waals surface area contributed by atoms with E-state index in [9.17, 15) is 9.90 Å². The van der Waals surface area contributed by atoms with Crippen LogP contribution in [0.1, 0.15) is 36.9 Å². The number of hydrogen-bond donors (Lipinski definition) is 1. The van der Waals surface area contributed by atoms with Gasteiger partial charge in [0.1, 0.15) is 0 Å². The van der Waals surface area contributed by atoms with Crippen LogP contribution < -0.4 is 5.56 Å². The first-order chi connectivity index (χ1) is 15.0. The summed E-state index contributed by atoms with van der Waals surface area (Å²) in [4.78, 5) is 14.8. The van der Waals surface area contributed by atoms with Crippen LogP contribution >= 0.6 is 0 Å². The molecule has 2 atom stereocenters. The number of benzene rings is 1. The van der Waals surface area contributed by atoms with Gasteiger partial charge >= 0.3 is 0 Å². The molecule has 2 aliphatic rings. The molecule has 2 aromatic heterocycles. The van der Waals surface area contributed by atoms with E-state index < -0.39 is 5.60 Å². The summed E-state index contributed by atoms with van der Waals surface area (Å²) in [5.41, 5.74) is 2.18. The SMILES string of the molecule is C#CCn1cc(CN2[C@H]3CC[C@H]2CC(O)(Cn2nc(C)ccc2=O)C3)c2ccccc21. The third kappa shape index (κ3) is 3.69. The summed E-state index contributed by atoms with van der Waals surface area (Å²) in [6.45, 7) is 3.54. The Morgan fingerprint density at radius 3 is 2.68 bits per heavy atom.